The van der Waals surface area contributed by atoms with Gasteiger partial charge in [0, 0.05) is 31.5 Å². The number of nitrogens with zero attached hydrogens (tertiary/aromatic N) is 2. The molecule has 112 valence electrons. The van der Waals surface area contributed by atoms with Gasteiger partial charge >= 0.3 is 0 Å². The number of carbonyl (C=O) groups excluding carboxylic acids is 1. The molecule has 0 radical (unpaired) electrons. The van der Waals surface area contributed by atoms with Gasteiger partial charge in [0.1, 0.15) is 6.61 Å². The van der Waals surface area contributed by atoms with Gasteiger partial charge in [-0.25, -0.2) is 4.98 Å². The van der Waals surface area contributed by atoms with Crippen molar-refractivity contribution in [2.75, 3.05) is 33.4 Å². The van der Waals surface area contributed by atoms with Crippen LogP contribution in [0.4, 0.5) is 0 Å². The SMILES string of the molecule is Cc1ncsc1CCN(C)C(=O)COCC1CCCO1. The molecule has 20 heavy (non-hydrogen) atoms. The normalized spacial score (nSPS) is 18.4. The minimum absolute atomic E-state index is 0.0187. The minimum Gasteiger partial charge on any atom is -0.376 e. The van der Waals surface area contributed by atoms with Crippen LogP contribution in [0, 0.1) is 6.92 Å². The van der Waals surface area contributed by atoms with Gasteiger partial charge in [0.25, 0.3) is 0 Å². The van der Waals surface area contributed by atoms with Gasteiger partial charge in [-0.2, -0.15) is 0 Å². The van der Waals surface area contributed by atoms with Crippen LogP contribution in [-0.2, 0) is 20.7 Å². The first-order valence-electron chi connectivity index (χ1n) is 6.99. The average molecular weight is 298 g/mol. The maximum absolute atomic E-state index is 11.9. The number of thiazole rings is 1. The Kier molecular flexibility index (Phi) is 5.94. The predicted molar refractivity (Wildman–Crippen MR) is 78.0 cm³/mol. The van der Waals surface area contributed by atoms with Gasteiger partial charge in [-0.05, 0) is 19.8 Å². The first kappa shape index (κ1) is 15.4. The van der Waals surface area contributed by atoms with Crippen molar-refractivity contribution in [3.8, 4) is 0 Å². The molecule has 6 heteroatoms. The van der Waals surface area contributed by atoms with Gasteiger partial charge in [-0.3, -0.25) is 4.79 Å². The molecule has 0 bridgehead atoms. The number of rotatable bonds is 7. The highest BCUT2D eigenvalue weighted by atomic mass is 32.1. The summed E-state index contributed by atoms with van der Waals surface area (Å²) in [6.45, 7) is 4.17. The summed E-state index contributed by atoms with van der Waals surface area (Å²) >= 11 is 1.64. The molecule has 0 aliphatic carbocycles. The van der Waals surface area contributed by atoms with Crippen LogP contribution in [0.2, 0.25) is 0 Å². The van der Waals surface area contributed by atoms with Gasteiger partial charge in [-0.15, -0.1) is 11.3 Å². The van der Waals surface area contributed by atoms with Gasteiger partial charge < -0.3 is 14.4 Å². The Balaban J connectivity index is 1.62. The number of aromatic nitrogens is 1. The third-order valence-electron chi connectivity index (χ3n) is 3.50. The first-order valence-corrected chi connectivity index (χ1v) is 7.87. The van der Waals surface area contributed by atoms with Crippen LogP contribution in [0.1, 0.15) is 23.4 Å². The summed E-state index contributed by atoms with van der Waals surface area (Å²) < 4.78 is 10.9. The lowest BCUT2D eigenvalue weighted by Gasteiger charge is -2.17. The van der Waals surface area contributed by atoms with Crippen molar-refractivity contribution in [1.82, 2.24) is 9.88 Å². The Hall–Kier alpha value is -0.980. The number of amides is 1. The van der Waals surface area contributed by atoms with Gasteiger partial charge in [0.15, 0.2) is 0 Å². The van der Waals surface area contributed by atoms with Crippen molar-refractivity contribution < 1.29 is 14.3 Å². The number of hydrogen-bond donors (Lipinski definition) is 0. The van der Waals surface area contributed by atoms with Crippen molar-refractivity contribution in [3.63, 3.8) is 0 Å². The molecule has 1 aliphatic heterocycles. The van der Waals surface area contributed by atoms with E-state index in [2.05, 4.69) is 4.98 Å². The molecule has 1 unspecified atom stereocenters. The molecule has 1 fully saturated rings. The highest BCUT2D eigenvalue weighted by molar-refractivity contribution is 7.09. The average Bonchev–Trinajstić information content (AvgIpc) is 3.07. The van der Waals surface area contributed by atoms with Crippen molar-refractivity contribution in [2.24, 2.45) is 0 Å². The number of aryl methyl sites for hydroxylation is 1. The molecule has 2 rings (SSSR count). The maximum Gasteiger partial charge on any atom is 0.248 e. The molecule has 0 saturated carbocycles. The molecule has 1 aromatic heterocycles. The summed E-state index contributed by atoms with van der Waals surface area (Å²) in [5.41, 5.74) is 2.91. The smallest absolute Gasteiger partial charge is 0.248 e. The van der Waals surface area contributed by atoms with Crippen molar-refractivity contribution in [2.45, 2.75) is 32.3 Å². The number of likely N-dealkylation sites (N-methyl/N-ethyl adjacent to an activating group) is 1. The maximum atomic E-state index is 11.9. The Morgan fingerprint density at radius 3 is 3.15 bits per heavy atom. The number of hydrogen-bond acceptors (Lipinski definition) is 5. The highest BCUT2D eigenvalue weighted by Crippen LogP contribution is 2.13. The largest absolute Gasteiger partial charge is 0.376 e. The van der Waals surface area contributed by atoms with Crippen LogP contribution in [0.3, 0.4) is 0 Å². The van der Waals surface area contributed by atoms with E-state index in [1.165, 1.54) is 4.88 Å². The summed E-state index contributed by atoms with van der Waals surface area (Å²) in [5, 5.41) is 0. The summed E-state index contributed by atoms with van der Waals surface area (Å²) in [4.78, 5) is 19.1. The Morgan fingerprint density at radius 1 is 1.65 bits per heavy atom. The highest BCUT2D eigenvalue weighted by Gasteiger charge is 2.17. The molecule has 2 heterocycles. The molecule has 1 atom stereocenters. The van der Waals surface area contributed by atoms with E-state index in [0.29, 0.717) is 13.2 Å². The Bertz CT molecular complexity index is 430. The fraction of sp³-hybridized carbons (Fsp3) is 0.714. The fourth-order valence-corrected chi connectivity index (χ4v) is 2.89. The molecule has 1 amide bonds. The molecule has 1 aliphatic rings. The Labute approximate surface area is 123 Å². The fourth-order valence-electron chi connectivity index (χ4n) is 2.12. The van der Waals surface area contributed by atoms with E-state index in [9.17, 15) is 4.79 Å². The van der Waals surface area contributed by atoms with Crippen LogP contribution in [-0.4, -0.2) is 55.3 Å². The zero-order valence-electron chi connectivity index (χ0n) is 12.1. The minimum atomic E-state index is 0.0187. The van der Waals surface area contributed by atoms with E-state index in [4.69, 9.17) is 9.47 Å². The molecule has 0 N–H and O–H groups in total. The van der Waals surface area contributed by atoms with Crippen LogP contribution >= 0.6 is 11.3 Å². The van der Waals surface area contributed by atoms with Gasteiger partial charge in [0.2, 0.25) is 5.91 Å². The topological polar surface area (TPSA) is 51.7 Å². The lowest BCUT2D eigenvalue weighted by Crippen LogP contribution is -2.33. The third kappa shape index (κ3) is 4.54. The lowest BCUT2D eigenvalue weighted by atomic mass is 10.2. The number of carbonyl (C=O) groups is 1. The van der Waals surface area contributed by atoms with E-state index in [-0.39, 0.29) is 18.6 Å². The molecule has 1 saturated heterocycles. The monoisotopic (exact) mass is 298 g/mol. The van der Waals surface area contributed by atoms with E-state index in [1.54, 1.807) is 16.2 Å². The second kappa shape index (κ2) is 7.71. The quantitative estimate of drug-likeness (QED) is 0.768. The molecule has 0 aromatic carbocycles. The standard InChI is InChI=1S/C14H22N2O3S/c1-11-13(20-10-15-11)5-6-16(2)14(17)9-18-8-12-4-3-7-19-12/h10,12H,3-9H2,1-2H3. The Morgan fingerprint density at radius 2 is 2.50 bits per heavy atom. The van der Waals surface area contributed by atoms with Crippen molar-refractivity contribution >= 4 is 17.2 Å². The van der Waals surface area contributed by atoms with E-state index < -0.39 is 0 Å². The van der Waals surface area contributed by atoms with E-state index in [0.717, 1.165) is 31.6 Å². The van der Waals surface area contributed by atoms with E-state index >= 15 is 0 Å². The molecule has 5 nitrogen and oxygen atoms in total. The number of ether oxygens (including phenoxy) is 2. The second-order valence-corrected chi connectivity index (χ2v) is 6.02. The molecular formula is C14H22N2O3S. The van der Waals surface area contributed by atoms with Crippen LogP contribution in [0.5, 0.6) is 0 Å². The lowest BCUT2D eigenvalue weighted by molar-refractivity contribution is -0.135. The molecular weight excluding hydrogens is 276 g/mol. The second-order valence-electron chi connectivity index (χ2n) is 5.08. The van der Waals surface area contributed by atoms with Crippen molar-refractivity contribution in [1.29, 1.82) is 0 Å². The summed E-state index contributed by atoms with van der Waals surface area (Å²) in [6, 6.07) is 0. The van der Waals surface area contributed by atoms with E-state index in [1.807, 2.05) is 19.5 Å². The zero-order chi connectivity index (χ0) is 14.4. The molecule has 0 spiro atoms. The summed E-state index contributed by atoms with van der Waals surface area (Å²) in [7, 11) is 1.81. The first-order chi connectivity index (χ1) is 9.66. The summed E-state index contributed by atoms with van der Waals surface area (Å²) in [5.74, 6) is 0.0187. The molecule has 1 aromatic rings. The zero-order valence-corrected chi connectivity index (χ0v) is 12.9. The van der Waals surface area contributed by atoms with Crippen molar-refractivity contribution in [3.05, 3.63) is 16.1 Å². The predicted octanol–water partition coefficient (Wildman–Crippen LogP) is 1.65. The van der Waals surface area contributed by atoms with Crippen LogP contribution in [0.15, 0.2) is 5.51 Å². The third-order valence-corrected chi connectivity index (χ3v) is 4.49. The van der Waals surface area contributed by atoms with Gasteiger partial charge in [0.05, 0.1) is 23.9 Å². The van der Waals surface area contributed by atoms with Crippen LogP contribution < -0.4 is 0 Å². The van der Waals surface area contributed by atoms with Gasteiger partial charge in [-0.1, -0.05) is 0 Å². The van der Waals surface area contributed by atoms with Crippen LogP contribution in [0.25, 0.3) is 0 Å². The summed E-state index contributed by atoms with van der Waals surface area (Å²) in [6.07, 6.45) is 3.16.